The number of benzene rings is 3. The maximum atomic E-state index is 11.8. The Morgan fingerprint density at radius 3 is 1.47 bits per heavy atom. The van der Waals surface area contributed by atoms with Gasteiger partial charge in [-0.3, -0.25) is 0 Å². The maximum Gasteiger partial charge on any atom is 0.115 e. The minimum atomic E-state index is -1.10. The highest BCUT2D eigenvalue weighted by atomic mass is 16.3. The minimum Gasteiger partial charge on any atom is -0.508 e. The molecule has 164 valence electrons. The van der Waals surface area contributed by atoms with Crippen LogP contribution in [-0.4, -0.2) is 20.9 Å². The molecular weight excluding hydrogens is 396 g/mol. The van der Waals surface area contributed by atoms with E-state index in [9.17, 15) is 15.3 Å². The molecule has 0 aliphatic heterocycles. The Labute approximate surface area is 190 Å². The molecule has 4 rings (SSSR count). The fraction of sp³-hybridized carbons (Fsp3) is 0.241. The van der Waals surface area contributed by atoms with E-state index in [0.717, 1.165) is 22.3 Å². The molecule has 0 heterocycles. The van der Waals surface area contributed by atoms with E-state index in [2.05, 4.69) is 45.0 Å². The zero-order chi connectivity index (χ0) is 23.0. The third-order valence-corrected chi connectivity index (χ3v) is 7.13. The molecule has 2 atom stereocenters. The van der Waals surface area contributed by atoms with Crippen LogP contribution in [0.2, 0.25) is 0 Å². The van der Waals surface area contributed by atoms with Gasteiger partial charge in [-0.15, -0.1) is 0 Å². The van der Waals surface area contributed by atoms with E-state index in [1.165, 1.54) is 0 Å². The number of phenols is 2. The van der Waals surface area contributed by atoms with Gasteiger partial charge in [0.1, 0.15) is 11.5 Å². The third kappa shape index (κ3) is 3.63. The lowest BCUT2D eigenvalue weighted by molar-refractivity contribution is 0.0320. The molecule has 0 saturated carbocycles. The molecule has 3 aromatic carbocycles. The van der Waals surface area contributed by atoms with Crippen LogP contribution in [0.4, 0.5) is 0 Å². The summed E-state index contributed by atoms with van der Waals surface area (Å²) < 4.78 is 0. The van der Waals surface area contributed by atoms with Crippen molar-refractivity contribution < 1.29 is 15.3 Å². The Bertz CT molecular complexity index is 1140. The van der Waals surface area contributed by atoms with Gasteiger partial charge in [-0.2, -0.15) is 0 Å². The predicted octanol–water partition coefficient (Wildman–Crippen LogP) is 5.98. The van der Waals surface area contributed by atoms with Gasteiger partial charge in [0, 0.05) is 5.41 Å². The number of phenolic OH excluding ortho intramolecular Hbond substituents is 2. The first-order chi connectivity index (χ1) is 15.2. The summed E-state index contributed by atoms with van der Waals surface area (Å²) in [6.45, 7) is 6.38. The van der Waals surface area contributed by atoms with Gasteiger partial charge in [-0.05, 0) is 59.9 Å². The van der Waals surface area contributed by atoms with Crippen LogP contribution in [0.1, 0.15) is 49.4 Å². The van der Waals surface area contributed by atoms with Crippen molar-refractivity contribution in [2.75, 3.05) is 0 Å². The molecule has 0 radical (unpaired) electrons. The van der Waals surface area contributed by atoms with Crippen molar-refractivity contribution in [2.24, 2.45) is 0 Å². The summed E-state index contributed by atoms with van der Waals surface area (Å²) in [5.74, 6) is 0.459. The normalized spacial score (nSPS) is 20.1. The Balaban J connectivity index is 1.79. The van der Waals surface area contributed by atoms with Crippen LogP contribution in [0.5, 0.6) is 11.5 Å². The van der Waals surface area contributed by atoms with Gasteiger partial charge in [0.2, 0.25) is 0 Å². The monoisotopic (exact) mass is 426 g/mol. The fourth-order valence-corrected chi connectivity index (χ4v) is 4.71. The van der Waals surface area contributed by atoms with Crippen molar-refractivity contribution in [2.45, 2.75) is 43.6 Å². The Hall–Kier alpha value is -3.30. The van der Waals surface area contributed by atoms with E-state index < -0.39 is 11.0 Å². The van der Waals surface area contributed by atoms with Gasteiger partial charge in [0.05, 0.1) is 11.0 Å². The number of hydrogen-bond donors (Lipinski definition) is 3. The molecule has 1 aliphatic carbocycles. The first-order valence-electron chi connectivity index (χ1n) is 10.9. The first kappa shape index (κ1) is 21.9. The molecule has 0 bridgehead atoms. The van der Waals surface area contributed by atoms with E-state index in [1.807, 2.05) is 48.6 Å². The molecule has 0 spiro atoms. The fourth-order valence-electron chi connectivity index (χ4n) is 4.71. The Kier molecular flexibility index (Phi) is 5.47. The topological polar surface area (TPSA) is 60.7 Å². The summed E-state index contributed by atoms with van der Waals surface area (Å²) in [6.07, 6.45) is 8.20. The number of allylic oxidation sites excluding steroid dienone is 2. The second kappa shape index (κ2) is 7.99. The Morgan fingerprint density at radius 1 is 0.625 bits per heavy atom. The smallest absolute Gasteiger partial charge is 0.115 e. The lowest BCUT2D eigenvalue weighted by Gasteiger charge is -2.45. The van der Waals surface area contributed by atoms with Crippen LogP contribution in [-0.2, 0) is 10.8 Å². The van der Waals surface area contributed by atoms with Crippen molar-refractivity contribution in [3.63, 3.8) is 0 Å². The molecule has 32 heavy (non-hydrogen) atoms. The average Bonchev–Trinajstić information content (AvgIpc) is 2.80. The van der Waals surface area contributed by atoms with Gasteiger partial charge in [-0.1, -0.05) is 86.7 Å². The van der Waals surface area contributed by atoms with Crippen LogP contribution < -0.4 is 0 Å². The Morgan fingerprint density at radius 2 is 1.03 bits per heavy atom. The number of aromatic hydroxyl groups is 2. The second-order valence-electron chi connectivity index (χ2n) is 9.34. The molecule has 1 aliphatic rings. The van der Waals surface area contributed by atoms with E-state index in [0.29, 0.717) is 6.42 Å². The predicted molar refractivity (Wildman–Crippen MR) is 129 cm³/mol. The summed E-state index contributed by atoms with van der Waals surface area (Å²) >= 11 is 0. The second-order valence-corrected chi connectivity index (χ2v) is 9.34. The van der Waals surface area contributed by atoms with Gasteiger partial charge in [0.25, 0.3) is 0 Å². The van der Waals surface area contributed by atoms with Gasteiger partial charge >= 0.3 is 0 Å². The zero-order valence-electron chi connectivity index (χ0n) is 18.8. The van der Waals surface area contributed by atoms with Gasteiger partial charge < -0.3 is 15.3 Å². The maximum absolute atomic E-state index is 11.8. The van der Waals surface area contributed by atoms with E-state index in [4.69, 9.17) is 0 Å². The van der Waals surface area contributed by atoms with Crippen LogP contribution in [0.15, 0.2) is 97.1 Å². The van der Waals surface area contributed by atoms with Crippen LogP contribution in [0.3, 0.4) is 0 Å². The molecule has 3 aromatic rings. The third-order valence-electron chi connectivity index (χ3n) is 7.13. The number of aliphatic hydroxyl groups is 1. The number of hydrogen-bond acceptors (Lipinski definition) is 3. The SMILES string of the molecule is CC(C)(c1ccc(O)cc1)c1ccc(C(C)(c2ccc(O)cc2)C2(O)C=CC=CC2)cc1. The molecule has 0 saturated heterocycles. The van der Waals surface area contributed by atoms with Crippen LogP contribution in [0, 0.1) is 0 Å². The highest BCUT2D eigenvalue weighted by molar-refractivity contribution is 5.49. The largest absolute Gasteiger partial charge is 0.508 e. The summed E-state index contributed by atoms with van der Waals surface area (Å²) in [5.41, 5.74) is 2.12. The van der Waals surface area contributed by atoms with Crippen LogP contribution in [0.25, 0.3) is 0 Å². The van der Waals surface area contributed by atoms with Crippen molar-refractivity contribution in [1.82, 2.24) is 0 Å². The highest BCUT2D eigenvalue weighted by Gasteiger charge is 2.47. The molecule has 0 aromatic heterocycles. The van der Waals surface area contributed by atoms with Crippen molar-refractivity contribution in [3.05, 3.63) is 119 Å². The van der Waals surface area contributed by atoms with Gasteiger partial charge in [0.15, 0.2) is 0 Å². The van der Waals surface area contributed by atoms with E-state index in [-0.39, 0.29) is 16.9 Å². The molecular formula is C29H30O3. The van der Waals surface area contributed by atoms with Crippen molar-refractivity contribution in [1.29, 1.82) is 0 Å². The average molecular weight is 427 g/mol. The van der Waals surface area contributed by atoms with Crippen LogP contribution >= 0.6 is 0 Å². The molecule has 3 N–H and O–H groups in total. The molecule has 0 fully saturated rings. The van der Waals surface area contributed by atoms with Crippen molar-refractivity contribution in [3.8, 4) is 11.5 Å². The lowest BCUT2D eigenvalue weighted by Crippen LogP contribution is -2.49. The molecule has 2 unspecified atom stereocenters. The van der Waals surface area contributed by atoms with Gasteiger partial charge in [-0.25, -0.2) is 0 Å². The standard InChI is InChI=1S/C29H30O3/c1-27(2,22-11-15-25(30)16-12-22)21-7-9-23(10-8-21)28(3,24-13-17-26(31)18-14-24)29(32)19-5-4-6-20-29/h4-19,30-32H,20H2,1-3H3. The number of rotatable bonds is 5. The summed E-state index contributed by atoms with van der Waals surface area (Å²) in [5, 5.41) is 31.2. The highest BCUT2D eigenvalue weighted by Crippen LogP contribution is 2.46. The molecule has 0 amide bonds. The summed E-state index contributed by atoms with van der Waals surface area (Å²) in [4.78, 5) is 0. The molecule has 3 heteroatoms. The first-order valence-corrected chi connectivity index (χ1v) is 10.9. The lowest BCUT2D eigenvalue weighted by atomic mass is 9.62. The zero-order valence-corrected chi connectivity index (χ0v) is 18.8. The summed E-state index contributed by atoms with van der Waals surface area (Å²) in [6, 6.07) is 22.8. The van der Waals surface area contributed by atoms with E-state index in [1.54, 1.807) is 24.3 Å². The van der Waals surface area contributed by atoms with E-state index >= 15 is 0 Å². The van der Waals surface area contributed by atoms with Crippen molar-refractivity contribution >= 4 is 0 Å². The molecule has 3 nitrogen and oxygen atoms in total. The minimum absolute atomic E-state index is 0.202. The summed E-state index contributed by atoms with van der Waals surface area (Å²) in [7, 11) is 0. The quantitative estimate of drug-likeness (QED) is 0.470.